The molecule has 0 unspecified atom stereocenters. The zero-order valence-corrected chi connectivity index (χ0v) is 17.5. The average molecular weight is 437 g/mol. The van der Waals surface area contributed by atoms with Gasteiger partial charge in [-0.3, -0.25) is 0 Å². The van der Waals surface area contributed by atoms with E-state index in [1.807, 2.05) is 31.2 Å². The predicted molar refractivity (Wildman–Crippen MR) is 112 cm³/mol. The van der Waals surface area contributed by atoms with E-state index in [1.165, 1.54) is 7.11 Å². The molecule has 2 N–H and O–H groups in total. The number of nitrogens with zero attached hydrogens (tertiary/aromatic N) is 1. The Balaban J connectivity index is 1.87. The van der Waals surface area contributed by atoms with E-state index in [0.717, 1.165) is 11.1 Å². The molecule has 0 saturated carbocycles. The van der Waals surface area contributed by atoms with Gasteiger partial charge in [0.2, 0.25) is 0 Å². The summed E-state index contributed by atoms with van der Waals surface area (Å²) in [5.74, 6) is 0.236. The average Bonchev–Trinajstić information content (AvgIpc) is 2.75. The second-order valence-corrected chi connectivity index (χ2v) is 6.66. The van der Waals surface area contributed by atoms with Crippen molar-refractivity contribution < 1.29 is 27.4 Å². The van der Waals surface area contributed by atoms with Crippen LogP contribution in [0.2, 0.25) is 0 Å². The molecule has 31 heavy (non-hydrogen) atoms. The van der Waals surface area contributed by atoms with Crippen molar-refractivity contribution in [1.29, 1.82) is 0 Å². The number of benzene rings is 2. The summed E-state index contributed by atoms with van der Waals surface area (Å²) in [5, 5.41) is 6.37. The normalized spacial score (nSPS) is 11.8. The summed E-state index contributed by atoms with van der Waals surface area (Å²) in [4.78, 5) is 16.0. The third-order valence-corrected chi connectivity index (χ3v) is 4.16. The molecule has 168 valence electrons. The lowest BCUT2D eigenvalue weighted by Gasteiger charge is -2.12. The van der Waals surface area contributed by atoms with Gasteiger partial charge in [0.05, 0.1) is 25.8 Å². The summed E-state index contributed by atoms with van der Waals surface area (Å²) in [7, 11) is 1.34. The Bertz CT molecular complexity index is 851. The second-order valence-electron chi connectivity index (χ2n) is 6.66. The highest BCUT2D eigenvalue weighted by Gasteiger charge is 2.27. The minimum atomic E-state index is -4.32. The maximum absolute atomic E-state index is 12.1. The number of halogens is 3. The van der Waals surface area contributed by atoms with Crippen LogP contribution < -0.4 is 10.6 Å². The topological polar surface area (TPSA) is 72.0 Å². The Labute approximate surface area is 179 Å². The molecule has 0 heterocycles. The largest absolute Gasteiger partial charge is 0.465 e. The fraction of sp³-hybridized carbons (Fsp3) is 0.364. The highest BCUT2D eigenvalue weighted by molar-refractivity contribution is 5.89. The Morgan fingerprint density at radius 1 is 0.968 bits per heavy atom. The van der Waals surface area contributed by atoms with Gasteiger partial charge < -0.3 is 20.1 Å². The first-order valence-electron chi connectivity index (χ1n) is 9.72. The molecule has 0 saturated heterocycles. The summed E-state index contributed by atoms with van der Waals surface area (Å²) in [5.41, 5.74) is 3.04. The number of ether oxygens (including phenoxy) is 2. The van der Waals surface area contributed by atoms with Crippen LogP contribution >= 0.6 is 0 Å². The predicted octanol–water partition coefficient (Wildman–Crippen LogP) is 3.81. The van der Waals surface area contributed by atoms with Crippen molar-refractivity contribution in [3.05, 3.63) is 70.8 Å². The Kier molecular flexibility index (Phi) is 9.33. The number of esters is 1. The van der Waals surface area contributed by atoms with Crippen LogP contribution in [0.5, 0.6) is 0 Å². The fourth-order valence-corrected chi connectivity index (χ4v) is 2.60. The monoisotopic (exact) mass is 437 g/mol. The molecule has 0 fully saturated rings. The van der Waals surface area contributed by atoms with E-state index < -0.39 is 12.8 Å². The van der Waals surface area contributed by atoms with Crippen LogP contribution in [0.3, 0.4) is 0 Å². The van der Waals surface area contributed by atoms with Crippen LogP contribution in [-0.2, 0) is 29.2 Å². The third kappa shape index (κ3) is 9.08. The summed E-state index contributed by atoms with van der Waals surface area (Å²) in [6.07, 6.45) is -4.32. The zero-order chi connectivity index (χ0) is 22.7. The molecule has 0 aliphatic carbocycles. The zero-order valence-electron chi connectivity index (χ0n) is 17.5. The van der Waals surface area contributed by atoms with Gasteiger partial charge in [0.1, 0.15) is 6.61 Å². The molecular formula is C22H26F3N3O3. The molecule has 9 heteroatoms. The summed E-state index contributed by atoms with van der Waals surface area (Å²) >= 11 is 0. The van der Waals surface area contributed by atoms with Gasteiger partial charge in [-0.1, -0.05) is 36.4 Å². The van der Waals surface area contributed by atoms with Crippen LogP contribution in [0, 0.1) is 0 Å². The fourth-order valence-electron chi connectivity index (χ4n) is 2.60. The number of nitrogens with one attached hydrogen (secondary N) is 2. The molecule has 2 rings (SSSR count). The quantitative estimate of drug-likeness (QED) is 0.355. The molecule has 0 aromatic heterocycles. The van der Waals surface area contributed by atoms with Crippen LogP contribution in [-0.4, -0.2) is 38.4 Å². The van der Waals surface area contributed by atoms with Gasteiger partial charge in [0, 0.05) is 13.1 Å². The molecule has 0 amide bonds. The Morgan fingerprint density at radius 3 is 2.16 bits per heavy atom. The minimum Gasteiger partial charge on any atom is -0.465 e. The molecular weight excluding hydrogens is 411 g/mol. The van der Waals surface area contributed by atoms with Crippen LogP contribution in [0.4, 0.5) is 13.2 Å². The van der Waals surface area contributed by atoms with E-state index in [-0.39, 0.29) is 12.6 Å². The van der Waals surface area contributed by atoms with Crippen molar-refractivity contribution in [2.24, 2.45) is 4.99 Å². The molecule has 0 spiro atoms. The van der Waals surface area contributed by atoms with Crippen molar-refractivity contribution in [2.75, 3.05) is 20.3 Å². The van der Waals surface area contributed by atoms with Crippen molar-refractivity contribution in [3.63, 3.8) is 0 Å². The molecule has 0 aliphatic rings. The SMILES string of the molecule is CCNC(=NCc1ccc(C(=O)OC)cc1)NCc1ccc(COCC(F)(F)F)cc1. The summed E-state index contributed by atoms with van der Waals surface area (Å²) in [6.45, 7) is 2.21. The summed E-state index contributed by atoms with van der Waals surface area (Å²) < 4.78 is 45.7. The van der Waals surface area contributed by atoms with Gasteiger partial charge >= 0.3 is 12.1 Å². The van der Waals surface area contributed by atoms with E-state index >= 15 is 0 Å². The first kappa shape index (κ1) is 24.2. The second kappa shape index (κ2) is 11.9. The van der Waals surface area contributed by atoms with Gasteiger partial charge in [-0.15, -0.1) is 0 Å². The van der Waals surface area contributed by atoms with E-state index in [0.29, 0.717) is 36.7 Å². The minimum absolute atomic E-state index is 0.0912. The third-order valence-electron chi connectivity index (χ3n) is 4.16. The van der Waals surface area contributed by atoms with Crippen molar-refractivity contribution in [2.45, 2.75) is 32.8 Å². The lowest BCUT2D eigenvalue weighted by molar-refractivity contribution is -0.176. The lowest BCUT2D eigenvalue weighted by Crippen LogP contribution is -2.36. The van der Waals surface area contributed by atoms with E-state index in [4.69, 9.17) is 0 Å². The van der Waals surface area contributed by atoms with Gasteiger partial charge in [0.25, 0.3) is 0 Å². The lowest BCUT2D eigenvalue weighted by atomic mass is 10.1. The maximum Gasteiger partial charge on any atom is 0.411 e. The van der Waals surface area contributed by atoms with Gasteiger partial charge in [0.15, 0.2) is 5.96 Å². The van der Waals surface area contributed by atoms with Crippen molar-refractivity contribution >= 4 is 11.9 Å². The number of carbonyl (C=O) groups is 1. The standard InChI is InChI=1S/C22H26F3N3O3/c1-3-26-21(28-13-17-8-10-19(11-9-17)20(29)30-2)27-12-16-4-6-18(7-5-16)14-31-15-22(23,24)25/h4-11H,3,12-15H2,1-2H3,(H2,26,27,28). The number of hydrogen-bond donors (Lipinski definition) is 2. The number of rotatable bonds is 9. The van der Waals surface area contributed by atoms with E-state index in [1.54, 1.807) is 24.3 Å². The van der Waals surface area contributed by atoms with Crippen LogP contribution in [0.15, 0.2) is 53.5 Å². The highest BCUT2D eigenvalue weighted by atomic mass is 19.4. The van der Waals surface area contributed by atoms with Crippen LogP contribution in [0.25, 0.3) is 0 Å². The van der Waals surface area contributed by atoms with Crippen LogP contribution in [0.1, 0.15) is 34.0 Å². The van der Waals surface area contributed by atoms with Gasteiger partial charge in [-0.25, -0.2) is 9.79 Å². The van der Waals surface area contributed by atoms with E-state index in [2.05, 4.69) is 25.1 Å². The number of methoxy groups -OCH3 is 1. The smallest absolute Gasteiger partial charge is 0.411 e. The molecule has 2 aromatic carbocycles. The summed E-state index contributed by atoms with van der Waals surface area (Å²) in [6, 6.07) is 14.1. The van der Waals surface area contributed by atoms with Crippen molar-refractivity contribution in [1.82, 2.24) is 10.6 Å². The van der Waals surface area contributed by atoms with Gasteiger partial charge in [-0.05, 0) is 35.7 Å². The van der Waals surface area contributed by atoms with Gasteiger partial charge in [-0.2, -0.15) is 13.2 Å². The molecule has 2 aromatic rings. The number of alkyl halides is 3. The molecule has 6 nitrogen and oxygen atoms in total. The molecule has 0 radical (unpaired) electrons. The van der Waals surface area contributed by atoms with E-state index in [9.17, 15) is 18.0 Å². The number of hydrogen-bond acceptors (Lipinski definition) is 4. The molecule has 0 aliphatic heterocycles. The van der Waals surface area contributed by atoms with Crippen molar-refractivity contribution in [3.8, 4) is 0 Å². The Hall–Kier alpha value is -3.07. The maximum atomic E-state index is 12.1. The number of carbonyl (C=O) groups excluding carboxylic acids is 1. The number of guanidine groups is 1. The first-order valence-corrected chi connectivity index (χ1v) is 9.72. The number of aliphatic imine (C=N–C) groups is 1. The Morgan fingerprint density at radius 2 is 1.58 bits per heavy atom. The molecule has 0 bridgehead atoms. The first-order chi connectivity index (χ1) is 14.8. The molecule has 0 atom stereocenters. The highest BCUT2D eigenvalue weighted by Crippen LogP contribution is 2.16.